The third-order valence-corrected chi connectivity index (χ3v) is 3.76. The third kappa shape index (κ3) is 3.53. The topological polar surface area (TPSA) is 86.0 Å². The first-order valence-corrected chi connectivity index (χ1v) is 7.41. The van der Waals surface area contributed by atoms with Crippen LogP contribution in [0.1, 0.15) is 0 Å². The summed E-state index contributed by atoms with van der Waals surface area (Å²) in [7, 11) is 1.47. The van der Waals surface area contributed by atoms with Crippen molar-refractivity contribution >= 4 is 61.5 Å². The van der Waals surface area contributed by atoms with Gasteiger partial charge < -0.3 is 16.0 Å². The minimum absolute atomic E-state index is 0.158. The van der Waals surface area contributed by atoms with E-state index in [1.807, 2.05) is 0 Å². The number of hydrogen-bond acceptors (Lipinski definition) is 4. The Morgan fingerprint density at radius 1 is 1.40 bits per heavy atom. The van der Waals surface area contributed by atoms with E-state index >= 15 is 0 Å². The Balaban J connectivity index is 2.29. The number of benzene rings is 1. The molecular formula is C11H10BrClN4O2S. The van der Waals surface area contributed by atoms with Crippen LogP contribution in [0.3, 0.4) is 0 Å². The minimum atomic E-state index is -0.468. The van der Waals surface area contributed by atoms with Crippen LogP contribution in [0.2, 0.25) is 5.02 Å². The molecule has 1 aromatic carbocycles. The average molecular weight is 378 g/mol. The second-order valence-electron chi connectivity index (χ2n) is 3.72. The van der Waals surface area contributed by atoms with E-state index in [-0.39, 0.29) is 11.2 Å². The molecule has 6 nitrogen and oxygen atoms in total. The summed E-state index contributed by atoms with van der Waals surface area (Å²) in [6.07, 6.45) is 0. The van der Waals surface area contributed by atoms with Gasteiger partial charge in [0.2, 0.25) is 0 Å². The van der Waals surface area contributed by atoms with E-state index in [4.69, 9.17) is 11.6 Å². The maximum absolute atomic E-state index is 11.7. The van der Waals surface area contributed by atoms with Crippen molar-refractivity contribution in [2.45, 2.75) is 0 Å². The second-order valence-corrected chi connectivity index (χ2v) is 5.89. The minimum Gasteiger partial charge on any atom is -0.344 e. The van der Waals surface area contributed by atoms with E-state index in [1.165, 1.54) is 7.05 Å². The predicted octanol–water partition coefficient (Wildman–Crippen LogP) is 3.35. The van der Waals surface area contributed by atoms with Crippen molar-refractivity contribution in [3.8, 4) is 0 Å². The Bertz CT molecular complexity index is 680. The number of rotatable bonds is 3. The highest BCUT2D eigenvalue weighted by Gasteiger charge is 2.13. The molecule has 4 N–H and O–H groups in total. The van der Waals surface area contributed by atoms with Gasteiger partial charge in [0, 0.05) is 22.2 Å². The smallest absolute Gasteiger partial charge is 0.319 e. The lowest BCUT2D eigenvalue weighted by Gasteiger charge is -2.08. The van der Waals surface area contributed by atoms with Crippen LogP contribution in [0.5, 0.6) is 0 Å². The standard InChI is InChI=1S/C11H10BrClN4O2S/c1-14-11(19)16-8-9(18)17-20-10(8)15-7-3-5(12)2-6(13)4-7/h2-4,15H,1H3,(H,17,18)(H2,14,16,19). The number of amides is 2. The fourth-order valence-corrected chi connectivity index (χ4v) is 3.01. The summed E-state index contributed by atoms with van der Waals surface area (Å²) in [6.45, 7) is 0. The molecule has 0 atom stereocenters. The average Bonchev–Trinajstić information content (AvgIpc) is 2.70. The van der Waals surface area contributed by atoms with Crippen LogP contribution in [0, 0.1) is 0 Å². The van der Waals surface area contributed by atoms with Crippen molar-refractivity contribution in [2.24, 2.45) is 0 Å². The molecule has 1 heterocycles. The molecular weight excluding hydrogens is 368 g/mol. The van der Waals surface area contributed by atoms with E-state index < -0.39 is 6.03 Å². The first kappa shape index (κ1) is 14.9. The van der Waals surface area contributed by atoms with Crippen molar-refractivity contribution in [3.05, 3.63) is 38.0 Å². The number of anilines is 3. The molecule has 2 rings (SSSR count). The maximum atomic E-state index is 11.7. The van der Waals surface area contributed by atoms with Crippen LogP contribution >= 0.6 is 39.1 Å². The first-order chi connectivity index (χ1) is 9.49. The van der Waals surface area contributed by atoms with Crippen LogP contribution in [0.4, 0.5) is 21.2 Å². The van der Waals surface area contributed by atoms with Crippen molar-refractivity contribution in [1.29, 1.82) is 0 Å². The number of hydrogen-bond donors (Lipinski definition) is 4. The van der Waals surface area contributed by atoms with Crippen LogP contribution < -0.4 is 21.5 Å². The number of aromatic nitrogens is 1. The zero-order valence-corrected chi connectivity index (χ0v) is 13.4. The quantitative estimate of drug-likeness (QED) is 0.661. The maximum Gasteiger partial charge on any atom is 0.319 e. The molecule has 9 heteroatoms. The molecule has 2 amide bonds. The lowest BCUT2D eigenvalue weighted by Crippen LogP contribution is -2.27. The van der Waals surface area contributed by atoms with Crippen molar-refractivity contribution < 1.29 is 4.79 Å². The summed E-state index contributed by atoms with van der Waals surface area (Å²) < 4.78 is 3.35. The number of carbonyl (C=O) groups excluding carboxylic acids is 1. The van der Waals surface area contributed by atoms with Gasteiger partial charge in [-0.1, -0.05) is 27.5 Å². The summed E-state index contributed by atoms with van der Waals surface area (Å²) >= 11 is 10.4. The van der Waals surface area contributed by atoms with Gasteiger partial charge >= 0.3 is 6.03 Å². The van der Waals surface area contributed by atoms with Gasteiger partial charge in [0.05, 0.1) is 0 Å². The molecule has 0 saturated heterocycles. The lowest BCUT2D eigenvalue weighted by molar-refractivity contribution is 0.254. The Hall–Kier alpha value is -1.51. The SMILES string of the molecule is CNC(=O)Nc1c(Nc2cc(Cl)cc(Br)c2)s[nH]c1=O. The van der Waals surface area contributed by atoms with Gasteiger partial charge in [0.1, 0.15) is 10.7 Å². The summed E-state index contributed by atoms with van der Waals surface area (Å²) in [4.78, 5) is 23.0. The van der Waals surface area contributed by atoms with Crippen molar-refractivity contribution in [1.82, 2.24) is 9.69 Å². The highest BCUT2D eigenvalue weighted by Crippen LogP contribution is 2.29. The fourth-order valence-electron chi connectivity index (χ4n) is 1.44. The number of halogens is 2. The monoisotopic (exact) mass is 376 g/mol. The highest BCUT2D eigenvalue weighted by molar-refractivity contribution is 9.10. The Kier molecular flexibility index (Phi) is 4.69. The van der Waals surface area contributed by atoms with Crippen LogP contribution in [-0.4, -0.2) is 17.5 Å². The summed E-state index contributed by atoms with van der Waals surface area (Å²) in [5, 5.41) is 8.93. The lowest BCUT2D eigenvalue weighted by atomic mass is 10.3. The molecule has 0 aliphatic carbocycles. The van der Waals surface area contributed by atoms with E-state index in [0.29, 0.717) is 15.7 Å². The van der Waals surface area contributed by atoms with Crippen LogP contribution in [-0.2, 0) is 0 Å². The molecule has 0 fully saturated rings. The zero-order valence-electron chi connectivity index (χ0n) is 10.2. The third-order valence-electron chi connectivity index (χ3n) is 2.29. The van der Waals surface area contributed by atoms with Gasteiger partial charge in [0.25, 0.3) is 5.56 Å². The predicted molar refractivity (Wildman–Crippen MR) is 85.5 cm³/mol. The molecule has 0 spiro atoms. The highest BCUT2D eigenvalue weighted by atomic mass is 79.9. The van der Waals surface area contributed by atoms with Gasteiger partial charge in [-0.2, -0.15) is 0 Å². The number of aromatic amines is 1. The summed E-state index contributed by atoms with van der Waals surface area (Å²) in [6, 6.07) is 4.79. The number of urea groups is 1. The molecule has 0 radical (unpaired) electrons. The molecule has 20 heavy (non-hydrogen) atoms. The molecule has 0 aliphatic heterocycles. The number of nitrogens with one attached hydrogen (secondary N) is 4. The molecule has 106 valence electrons. The normalized spacial score (nSPS) is 10.2. The molecule has 1 aromatic heterocycles. The van der Waals surface area contributed by atoms with E-state index in [2.05, 4.69) is 36.3 Å². The van der Waals surface area contributed by atoms with Crippen LogP contribution in [0.25, 0.3) is 0 Å². The van der Waals surface area contributed by atoms with E-state index in [1.54, 1.807) is 18.2 Å². The van der Waals surface area contributed by atoms with E-state index in [0.717, 1.165) is 16.0 Å². The fraction of sp³-hybridized carbons (Fsp3) is 0.0909. The van der Waals surface area contributed by atoms with Crippen LogP contribution in [0.15, 0.2) is 27.5 Å². The second kappa shape index (κ2) is 6.29. The molecule has 2 aromatic rings. The van der Waals surface area contributed by atoms with Gasteiger partial charge in [-0.25, -0.2) is 4.79 Å². The van der Waals surface area contributed by atoms with Gasteiger partial charge in [-0.3, -0.25) is 9.17 Å². The zero-order chi connectivity index (χ0) is 14.7. The first-order valence-electron chi connectivity index (χ1n) is 5.43. The summed E-state index contributed by atoms with van der Waals surface area (Å²) in [5.74, 6) is 0. The largest absolute Gasteiger partial charge is 0.344 e. The van der Waals surface area contributed by atoms with E-state index in [9.17, 15) is 9.59 Å². The molecule has 0 saturated carbocycles. The Labute approximate surface area is 131 Å². The number of H-pyrrole nitrogens is 1. The molecule has 0 aliphatic rings. The van der Waals surface area contributed by atoms with Gasteiger partial charge in [-0.05, 0) is 29.7 Å². The van der Waals surface area contributed by atoms with Crippen molar-refractivity contribution in [2.75, 3.05) is 17.7 Å². The number of carbonyl (C=O) groups is 1. The molecule has 0 bridgehead atoms. The summed E-state index contributed by atoms with van der Waals surface area (Å²) in [5.41, 5.74) is 0.479. The Morgan fingerprint density at radius 2 is 2.15 bits per heavy atom. The van der Waals surface area contributed by atoms with Crippen molar-refractivity contribution in [3.63, 3.8) is 0 Å². The van der Waals surface area contributed by atoms with Gasteiger partial charge in [0.15, 0.2) is 0 Å². The molecule has 0 unspecified atom stereocenters. The Morgan fingerprint density at radius 3 is 2.80 bits per heavy atom. The van der Waals surface area contributed by atoms with Gasteiger partial charge in [-0.15, -0.1) is 0 Å².